The quantitative estimate of drug-likeness (QED) is 0.157. The molecule has 0 aromatic heterocycles. The molecule has 0 spiro atoms. The Labute approximate surface area is 243 Å². The van der Waals surface area contributed by atoms with Crippen LogP contribution >= 0.6 is 0 Å². The highest BCUT2D eigenvalue weighted by Crippen LogP contribution is 2.43. The minimum absolute atomic E-state index is 0.368. The van der Waals surface area contributed by atoms with Gasteiger partial charge in [-0.15, -0.1) is 0 Å². The highest BCUT2D eigenvalue weighted by Gasteiger charge is 2.33. The fraction of sp³-hybridized carbons (Fsp3) is 0.486. The van der Waals surface area contributed by atoms with E-state index in [1.165, 1.54) is 16.7 Å². The van der Waals surface area contributed by atoms with Gasteiger partial charge in [0, 0.05) is 24.7 Å². The van der Waals surface area contributed by atoms with Crippen LogP contribution in [-0.2, 0) is 19.6 Å². The topological polar surface area (TPSA) is 65.3 Å². The van der Waals surface area contributed by atoms with Crippen LogP contribution in [0.5, 0.6) is 17.2 Å². The molecule has 3 unspecified atom stereocenters. The van der Waals surface area contributed by atoms with E-state index in [2.05, 4.69) is 82.3 Å². The Hall–Kier alpha value is -3.06. The molecular formula is C35H42O6. The lowest BCUT2D eigenvalue weighted by molar-refractivity contribution is 0.281. The molecule has 3 aromatic carbocycles. The minimum atomic E-state index is -0.401. The number of benzene rings is 3. The van der Waals surface area contributed by atoms with E-state index in [0.29, 0.717) is 38.1 Å². The summed E-state index contributed by atoms with van der Waals surface area (Å²) in [7, 11) is 0. The fourth-order valence-corrected chi connectivity index (χ4v) is 5.47. The predicted octanol–water partition coefficient (Wildman–Crippen LogP) is 6.47. The Morgan fingerprint density at radius 1 is 0.561 bits per heavy atom. The molecule has 6 nitrogen and oxygen atoms in total. The third kappa shape index (κ3) is 6.88. The highest BCUT2D eigenvalue weighted by molar-refractivity contribution is 5.55. The normalized spacial score (nSPS) is 22.1. The number of hydrogen-bond acceptors (Lipinski definition) is 6. The molecule has 0 saturated carbocycles. The minimum Gasteiger partial charge on any atom is -0.493 e. The predicted molar refractivity (Wildman–Crippen MR) is 159 cm³/mol. The van der Waals surface area contributed by atoms with Crippen molar-refractivity contribution < 1.29 is 28.4 Å². The summed E-state index contributed by atoms with van der Waals surface area (Å²) in [6, 6.07) is 19.8. The summed E-state index contributed by atoms with van der Waals surface area (Å²) < 4.78 is 34.4. The molecule has 3 aliphatic rings. The molecule has 3 aliphatic heterocycles. The molecule has 3 atom stereocenters. The van der Waals surface area contributed by atoms with Gasteiger partial charge in [0.2, 0.25) is 0 Å². The third-order valence-electron chi connectivity index (χ3n) is 8.56. The first-order chi connectivity index (χ1) is 19.9. The summed E-state index contributed by atoms with van der Waals surface area (Å²) in [4.78, 5) is 0. The summed E-state index contributed by atoms with van der Waals surface area (Å²) in [5.74, 6) is 2.78. The molecule has 0 bridgehead atoms. The van der Waals surface area contributed by atoms with Crippen molar-refractivity contribution in [2.45, 2.75) is 70.7 Å². The van der Waals surface area contributed by atoms with E-state index in [9.17, 15) is 0 Å². The van der Waals surface area contributed by atoms with Gasteiger partial charge in [-0.3, -0.25) is 0 Å². The van der Waals surface area contributed by atoms with Crippen molar-refractivity contribution >= 4 is 0 Å². The summed E-state index contributed by atoms with van der Waals surface area (Å²) >= 11 is 0. The van der Waals surface area contributed by atoms with Gasteiger partial charge in [-0.05, 0) is 79.3 Å². The number of rotatable bonds is 15. The van der Waals surface area contributed by atoms with Crippen LogP contribution in [-0.4, -0.2) is 58.0 Å². The Bertz CT molecular complexity index is 1190. The van der Waals surface area contributed by atoms with Crippen molar-refractivity contribution in [3.8, 4) is 17.2 Å². The Morgan fingerprint density at radius 2 is 0.854 bits per heavy atom. The van der Waals surface area contributed by atoms with Crippen LogP contribution in [0.15, 0.2) is 54.6 Å². The average Bonchev–Trinajstić information content (AvgIpc) is 3.79. The largest absolute Gasteiger partial charge is 0.493 e. The van der Waals surface area contributed by atoms with E-state index in [-0.39, 0.29) is 0 Å². The van der Waals surface area contributed by atoms with Gasteiger partial charge in [-0.1, -0.05) is 36.4 Å². The molecule has 0 aliphatic carbocycles. The molecule has 3 saturated heterocycles. The first-order valence-corrected chi connectivity index (χ1v) is 15.0. The molecule has 3 aromatic rings. The van der Waals surface area contributed by atoms with Gasteiger partial charge in [-0.25, -0.2) is 0 Å². The standard InChI is InChI=1S/C35H42O6/c1-23-17-26(5-8-32(23)36-14-11-29-20-39-29)35(4,27-6-9-33(24(2)18-27)37-15-12-30-21-40-30)28-7-10-34(25(3)19-28)38-16-13-31-22-41-31/h5-10,17-19,29-31H,11-16,20-22H2,1-4H3. The monoisotopic (exact) mass is 558 g/mol. The maximum absolute atomic E-state index is 6.12. The molecule has 41 heavy (non-hydrogen) atoms. The Kier molecular flexibility index (Phi) is 8.25. The number of hydrogen-bond donors (Lipinski definition) is 0. The lowest BCUT2D eigenvalue weighted by Crippen LogP contribution is -2.26. The van der Waals surface area contributed by atoms with Crippen LogP contribution in [0.4, 0.5) is 0 Å². The summed E-state index contributed by atoms with van der Waals surface area (Å²) in [6.07, 6.45) is 3.90. The van der Waals surface area contributed by atoms with Gasteiger partial charge in [0.05, 0.1) is 58.0 Å². The van der Waals surface area contributed by atoms with Crippen LogP contribution in [0.25, 0.3) is 0 Å². The summed E-state index contributed by atoms with van der Waals surface area (Å²) in [5.41, 5.74) is 6.62. The van der Waals surface area contributed by atoms with Crippen molar-refractivity contribution in [2.75, 3.05) is 39.6 Å². The number of epoxide rings is 3. The van der Waals surface area contributed by atoms with Crippen LogP contribution in [0, 0.1) is 20.8 Å². The SMILES string of the molecule is Cc1cc(C(C)(c2ccc(OCCC3CO3)c(C)c2)c2ccc(OCCC3CO3)c(C)c2)ccc1OCCC1CO1. The number of ether oxygens (including phenoxy) is 6. The maximum Gasteiger partial charge on any atom is 0.122 e. The first kappa shape index (κ1) is 28.1. The van der Waals surface area contributed by atoms with Crippen molar-refractivity contribution in [1.29, 1.82) is 0 Å². The van der Waals surface area contributed by atoms with Crippen molar-refractivity contribution in [1.82, 2.24) is 0 Å². The molecule has 6 heteroatoms. The second kappa shape index (κ2) is 12.0. The molecule has 0 radical (unpaired) electrons. The van der Waals surface area contributed by atoms with Crippen molar-refractivity contribution in [2.24, 2.45) is 0 Å². The fourth-order valence-electron chi connectivity index (χ4n) is 5.47. The lowest BCUT2D eigenvalue weighted by Gasteiger charge is -2.33. The zero-order valence-corrected chi connectivity index (χ0v) is 24.7. The smallest absolute Gasteiger partial charge is 0.122 e. The Balaban J connectivity index is 1.29. The van der Waals surface area contributed by atoms with Gasteiger partial charge in [0.1, 0.15) is 17.2 Å². The van der Waals surface area contributed by atoms with E-state index in [1.807, 2.05) is 0 Å². The molecule has 6 rings (SSSR count). The van der Waals surface area contributed by atoms with E-state index < -0.39 is 5.41 Å². The van der Waals surface area contributed by atoms with Crippen molar-refractivity contribution in [3.63, 3.8) is 0 Å². The van der Waals surface area contributed by atoms with E-state index >= 15 is 0 Å². The van der Waals surface area contributed by atoms with E-state index in [0.717, 1.165) is 73.0 Å². The zero-order valence-electron chi connectivity index (χ0n) is 24.7. The summed E-state index contributed by atoms with van der Waals surface area (Å²) in [6.45, 7) is 13.3. The Morgan fingerprint density at radius 3 is 1.10 bits per heavy atom. The third-order valence-corrected chi connectivity index (χ3v) is 8.56. The molecule has 0 N–H and O–H groups in total. The molecule has 0 amide bonds. The zero-order chi connectivity index (χ0) is 28.4. The maximum atomic E-state index is 6.12. The van der Waals surface area contributed by atoms with Gasteiger partial charge in [-0.2, -0.15) is 0 Å². The summed E-state index contributed by atoms with van der Waals surface area (Å²) in [5, 5.41) is 0. The van der Waals surface area contributed by atoms with Gasteiger partial charge in [0.15, 0.2) is 0 Å². The first-order valence-electron chi connectivity index (χ1n) is 15.0. The molecule has 218 valence electrons. The molecular weight excluding hydrogens is 516 g/mol. The lowest BCUT2D eigenvalue weighted by atomic mass is 9.70. The second-order valence-electron chi connectivity index (χ2n) is 11.8. The molecule has 3 fully saturated rings. The van der Waals surface area contributed by atoms with Gasteiger partial charge in [0.25, 0.3) is 0 Å². The van der Waals surface area contributed by atoms with Gasteiger partial charge >= 0.3 is 0 Å². The number of aryl methyl sites for hydroxylation is 3. The van der Waals surface area contributed by atoms with Gasteiger partial charge < -0.3 is 28.4 Å². The average molecular weight is 559 g/mol. The van der Waals surface area contributed by atoms with Crippen LogP contribution in [0.1, 0.15) is 59.6 Å². The van der Waals surface area contributed by atoms with E-state index in [1.54, 1.807) is 0 Å². The second-order valence-corrected chi connectivity index (χ2v) is 11.8. The van der Waals surface area contributed by atoms with Crippen molar-refractivity contribution in [3.05, 3.63) is 88.0 Å². The van der Waals surface area contributed by atoms with E-state index in [4.69, 9.17) is 28.4 Å². The molecule has 3 heterocycles. The van der Waals surface area contributed by atoms with Crippen LogP contribution in [0.2, 0.25) is 0 Å². The highest BCUT2D eigenvalue weighted by atomic mass is 16.6. The van der Waals surface area contributed by atoms with Crippen LogP contribution < -0.4 is 14.2 Å². The van der Waals surface area contributed by atoms with Crippen LogP contribution in [0.3, 0.4) is 0 Å².